The molecule has 0 aliphatic carbocycles. The first-order valence-corrected chi connectivity index (χ1v) is 9.34. The molecule has 0 radical (unpaired) electrons. The highest BCUT2D eigenvalue weighted by Crippen LogP contribution is 2.21. The van der Waals surface area contributed by atoms with Crippen molar-refractivity contribution in [1.82, 2.24) is 10.2 Å². The monoisotopic (exact) mass is 428 g/mol. The summed E-state index contributed by atoms with van der Waals surface area (Å²) in [5.41, 5.74) is 1.73. The maximum absolute atomic E-state index is 12.6. The Morgan fingerprint density at radius 3 is 2.07 bits per heavy atom. The first-order valence-electron chi connectivity index (χ1n) is 9.34. The van der Waals surface area contributed by atoms with E-state index in [1.165, 1.54) is 0 Å². The molecule has 2 N–H and O–H groups in total. The third kappa shape index (κ3) is 7.31. The Kier molecular flexibility index (Phi) is 9.56. The molecule has 0 aromatic heterocycles. The smallest absolute Gasteiger partial charge is 0.410 e. The molecule has 3 rings (SSSR count). The number of benzene rings is 2. The molecule has 1 fully saturated rings. The molecule has 1 saturated heterocycles. The van der Waals surface area contributed by atoms with Crippen LogP contribution in [0.25, 0.3) is 0 Å². The number of rotatable bonds is 8. The summed E-state index contributed by atoms with van der Waals surface area (Å²) in [6.45, 7) is -0.279. The number of carbonyl (C=O) groups excluding carboxylic acids is 1. The average molecular weight is 428 g/mol. The largest absolute Gasteiger partial charge is 0.447 e. The Balaban J connectivity index is 0.000000216. The van der Waals surface area contributed by atoms with Crippen LogP contribution >= 0.6 is 0 Å². The number of nitrogens with one attached hydrogen (secondary N) is 1. The zero-order valence-electron chi connectivity index (χ0n) is 16.1. The van der Waals surface area contributed by atoms with E-state index in [1.807, 2.05) is 36.4 Å². The van der Waals surface area contributed by atoms with Crippen LogP contribution in [0.15, 0.2) is 60.7 Å². The van der Waals surface area contributed by atoms with Gasteiger partial charge in [-0.2, -0.15) is 0 Å². The second-order valence-electron chi connectivity index (χ2n) is 6.58. The molecule has 9 heteroatoms. The van der Waals surface area contributed by atoms with Crippen molar-refractivity contribution in [3.63, 3.8) is 0 Å². The Morgan fingerprint density at radius 1 is 1.00 bits per heavy atom. The summed E-state index contributed by atoms with van der Waals surface area (Å²) in [6.07, 6.45) is -5.78. The number of carbonyl (C=O) groups is 1. The first kappa shape index (κ1) is 23.6. The second kappa shape index (κ2) is 12.1. The van der Waals surface area contributed by atoms with Crippen LogP contribution in [0.2, 0.25) is 0 Å². The normalized spacial score (nSPS) is 17.0. The van der Waals surface area contributed by atoms with Gasteiger partial charge >= 0.3 is 6.09 Å². The van der Waals surface area contributed by atoms with E-state index in [-0.39, 0.29) is 13.2 Å². The van der Waals surface area contributed by atoms with Gasteiger partial charge < -0.3 is 15.2 Å². The van der Waals surface area contributed by atoms with Crippen LogP contribution in [0.5, 0.6) is 0 Å². The third-order valence-corrected chi connectivity index (χ3v) is 4.41. The molecule has 164 valence electrons. The van der Waals surface area contributed by atoms with E-state index < -0.39 is 37.6 Å². The summed E-state index contributed by atoms with van der Waals surface area (Å²) >= 11 is 0. The number of alkyl halides is 4. The van der Waals surface area contributed by atoms with Gasteiger partial charge in [0.05, 0.1) is 12.6 Å². The van der Waals surface area contributed by atoms with E-state index in [2.05, 4.69) is 10.1 Å². The number of nitrogens with zero attached hydrogens (tertiary/aromatic N) is 1. The molecule has 2 atom stereocenters. The molecule has 2 aromatic rings. The highest BCUT2D eigenvalue weighted by molar-refractivity contribution is 5.70. The van der Waals surface area contributed by atoms with Crippen LogP contribution in [0.1, 0.15) is 11.1 Å². The van der Waals surface area contributed by atoms with Crippen LogP contribution in [-0.2, 0) is 17.8 Å². The predicted molar refractivity (Wildman–Crippen MR) is 103 cm³/mol. The molecule has 5 nitrogen and oxygen atoms in total. The number of aliphatic hydroxyl groups excluding tert-OH is 1. The van der Waals surface area contributed by atoms with Crippen molar-refractivity contribution in [2.75, 3.05) is 13.2 Å². The summed E-state index contributed by atoms with van der Waals surface area (Å²) < 4.78 is 54.2. The number of hydrogen-bond acceptors (Lipinski definition) is 4. The van der Waals surface area contributed by atoms with E-state index in [4.69, 9.17) is 5.11 Å². The lowest BCUT2D eigenvalue weighted by atomic mass is 10.2. The standard InChI is InChI=1S/C11H11F2NO2.C10H13F2NO/c12-10(13)9-7-16-11(15)14(9)6-8-4-2-1-3-5-8;11-10(12)9(7-14)13-6-8-4-2-1-3-5-8/h1-5,9-10H,6-7H2;1-5,9-10,13-14H,6-7H2/t2*9-/m00/s1. The zero-order valence-corrected chi connectivity index (χ0v) is 16.1. The summed E-state index contributed by atoms with van der Waals surface area (Å²) in [7, 11) is 0. The quantitative estimate of drug-likeness (QED) is 0.630. The maximum atomic E-state index is 12.6. The summed E-state index contributed by atoms with van der Waals surface area (Å²) in [6, 6.07) is 15.9. The zero-order chi connectivity index (χ0) is 21.9. The van der Waals surface area contributed by atoms with Crippen molar-refractivity contribution < 1.29 is 32.2 Å². The Hall–Kier alpha value is -2.65. The van der Waals surface area contributed by atoms with Crippen molar-refractivity contribution in [2.45, 2.75) is 38.0 Å². The van der Waals surface area contributed by atoms with Gasteiger partial charge in [-0.1, -0.05) is 60.7 Å². The molecule has 30 heavy (non-hydrogen) atoms. The van der Waals surface area contributed by atoms with E-state index in [0.717, 1.165) is 16.0 Å². The van der Waals surface area contributed by atoms with Crippen molar-refractivity contribution in [1.29, 1.82) is 0 Å². The Morgan fingerprint density at radius 2 is 1.57 bits per heavy atom. The number of aliphatic hydroxyl groups is 1. The molecule has 1 amide bonds. The van der Waals surface area contributed by atoms with Gasteiger partial charge in [0.1, 0.15) is 12.6 Å². The second-order valence-corrected chi connectivity index (χ2v) is 6.58. The minimum atomic E-state index is -2.57. The van der Waals surface area contributed by atoms with Crippen molar-refractivity contribution in [3.05, 3.63) is 71.8 Å². The van der Waals surface area contributed by atoms with Gasteiger partial charge in [0.25, 0.3) is 12.9 Å². The average Bonchev–Trinajstić information content (AvgIpc) is 3.11. The van der Waals surface area contributed by atoms with Gasteiger partial charge in [0.15, 0.2) is 0 Å². The van der Waals surface area contributed by atoms with Gasteiger partial charge in [0.2, 0.25) is 0 Å². The molecule has 1 heterocycles. The van der Waals surface area contributed by atoms with Gasteiger partial charge in [0, 0.05) is 13.1 Å². The van der Waals surface area contributed by atoms with Crippen LogP contribution in [0.4, 0.5) is 22.4 Å². The minimum Gasteiger partial charge on any atom is -0.447 e. The van der Waals surface area contributed by atoms with Crippen LogP contribution < -0.4 is 5.32 Å². The number of hydrogen-bond donors (Lipinski definition) is 2. The number of halogens is 4. The highest BCUT2D eigenvalue weighted by Gasteiger charge is 2.38. The van der Waals surface area contributed by atoms with Crippen molar-refractivity contribution in [3.8, 4) is 0 Å². The van der Waals surface area contributed by atoms with Crippen molar-refractivity contribution in [2.24, 2.45) is 0 Å². The summed E-state index contributed by atoms with van der Waals surface area (Å²) in [5.74, 6) is 0. The lowest BCUT2D eigenvalue weighted by Gasteiger charge is -2.20. The molecular weight excluding hydrogens is 404 g/mol. The molecule has 1 aliphatic rings. The van der Waals surface area contributed by atoms with E-state index in [9.17, 15) is 22.4 Å². The van der Waals surface area contributed by atoms with Gasteiger partial charge in [-0.15, -0.1) is 0 Å². The van der Waals surface area contributed by atoms with Crippen LogP contribution in [0.3, 0.4) is 0 Å². The predicted octanol–water partition coefficient (Wildman–Crippen LogP) is 3.67. The van der Waals surface area contributed by atoms with Crippen molar-refractivity contribution >= 4 is 6.09 Å². The summed E-state index contributed by atoms with van der Waals surface area (Å²) in [4.78, 5) is 12.3. The SMILES string of the molecule is O=C1OC[C@@H](C(F)F)N1Cc1ccccc1.OC[C@H](NCc1ccccc1)C(F)F. The van der Waals surface area contributed by atoms with Gasteiger partial charge in [-0.05, 0) is 11.1 Å². The van der Waals surface area contributed by atoms with Gasteiger partial charge in [-0.25, -0.2) is 22.4 Å². The topological polar surface area (TPSA) is 61.8 Å². The third-order valence-electron chi connectivity index (χ3n) is 4.41. The number of cyclic esters (lactones) is 1. The summed E-state index contributed by atoms with van der Waals surface area (Å²) in [5, 5.41) is 11.2. The molecule has 2 aromatic carbocycles. The molecule has 0 spiro atoms. The Labute approximate surface area is 172 Å². The van der Waals surface area contributed by atoms with E-state index in [0.29, 0.717) is 6.54 Å². The van der Waals surface area contributed by atoms with E-state index in [1.54, 1.807) is 24.3 Å². The lowest BCUT2D eigenvalue weighted by Crippen LogP contribution is -2.38. The fourth-order valence-electron chi connectivity index (χ4n) is 2.71. The Bertz CT molecular complexity index is 750. The first-order chi connectivity index (χ1) is 14.4. The lowest BCUT2D eigenvalue weighted by molar-refractivity contribution is 0.0575. The van der Waals surface area contributed by atoms with Crippen LogP contribution in [-0.4, -0.2) is 54.2 Å². The number of amides is 1. The fraction of sp³-hybridized carbons (Fsp3) is 0.381. The van der Waals surface area contributed by atoms with Crippen LogP contribution in [0, 0.1) is 0 Å². The highest BCUT2D eigenvalue weighted by atomic mass is 19.3. The molecular formula is C21H24F4N2O3. The van der Waals surface area contributed by atoms with E-state index >= 15 is 0 Å². The minimum absolute atomic E-state index is 0.161. The molecule has 0 saturated carbocycles. The fourth-order valence-corrected chi connectivity index (χ4v) is 2.71. The number of ether oxygens (including phenoxy) is 1. The molecule has 1 aliphatic heterocycles. The van der Waals surface area contributed by atoms with Gasteiger partial charge in [-0.3, -0.25) is 4.90 Å². The maximum Gasteiger partial charge on any atom is 0.410 e. The molecule has 0 bridgehead atoms. The molecule has 0 unspecified atom stereocenters.